The van der Waals surface area contributed by atoms with Crippen molar-refractivity contribution in [1.29, 1.82) is 0 Å². The third kappa shape index (κ3) is 9.73. The fraction of sp³-hybridized carbons (Fsp3) is 0.667. The molecule has 2 aromatic rings. The van der Waals surface area contributed by atoms with Crippen molar-refractivity contribution in [2.75, 3.05) is 13.2 Å². The molecule has 0 bridgehead atoms. The Morgan fingerprint density at radius 1 is 0.564 bits per heavy atom. The molecule has 2 heterocycles. The van der Waals surface area contributed by atoms with E-state index in [1.54, 1.807) is 0 Å². The molecular weight excluding hydrogens is 480 g/mol. The van der Waals surface area contributed by atoms with Gasteiger partial charge < -0.3 is 14.2 Å². The number of unbranched alkanes of at least 4 members (excludes halogenated alkanes) is 10. The van der Waals surface area contributed by atoms with Gasteiger partial charge in [-0.05, 0) is 24.0 Å². The normalized spacial score (nSPS) is 21.3. The van der Waals surface area contributed by atoms with Crippen molar-refractivity contribution >= 4 is 0 Å². The number of benzene rings is 2. The average molecular weight is 535 g/mol. The molecule has 0 saturated carbocycles. The minimum absolute atomic E-state index is 0.173. The second-order valence-electron chi connectivity index (χ2n) is 12.2. The van der Waals surface area contributed by atoms with E-state index in [2.05, 4.69) is 74.5 Å². The van der Waals surface area contributed by atoms with Gasteiger partial charge in [-0.3, -0.25) is 0 Å². The third-order valence-electron chi connectivity index (χ3n) is 8.85. The highest BCUT2D eigenvalue weighted by Crippen LogP contribution is 2.46. The summed E-state index contributed by atoms with van der Waals surface area (Å²) in [4.78, 5) is 0. The first-order valence-electron chi connectivity index (χ1n) is 16.2. The van der Waals surface area contributed by atoms with E-state index >= 15 is 0 Å². The molecule has 39 heavy (non-hydrogen) atoms. The Bertz CT molecular complexity index is 832. The van der Waals surface area contributed by atoms with Crippen LogP contribution in [0.25, 0.3) is 0 Å². The van der Waals surface area contributed by atoms with E-state index < -0.39 is 0 Å². The first kappa shape index (κ1) is 30.3. The van der Waals surface area contributed by atoms with Gasteiger partial charge in [0.25, 0.3) is 0 Å². The van der Waals surface area contributed by atoms with Crippen molar-refractivity contribution in [1.82, 2.24) is 0 Å². The fourth-order valence-electron chi connectivity index (χ4n) is 6.43. The first-order valence-corrected chi connectivity index (χ1v) is 16.2. The van der Waals surface area contributed by atoms with Crippen molar-refractivity contribution in [3.8, 4) is 0 Å². The van der Waals surface area contributed by atoms with Crippen LogP contribution >= 0.6 is 0 Å². The van der Waals surface area contributed by atoms with Crippen molar-refractivity contribution < 1.29 is 14.2 Å². The maximum atomic E-state index is 7.69. The lowest BCUT2D eigenvalue weighted by molar-refractivity contribution is -0.184. The second-order valence-corrected chi connectivity index (χ2v) is 12.2. The summed E-state index contributed by atoms with van der Waals surface area (Å²) in [5, 5.41) is 0. The second kappa shape index (κ2) is 15.9. The molecule has 2 aliphatic heterocycles. The quantitative estimate of drug-likeness (QED) is 0.111. The molecule has 3 nitrogen and oxygen atoms in total. The molecule has 0 aromatic heterocycles. The molecule has 2 aliphatic rings. The monoisotopic (exact) mass is 534 g/mol. The standard InChI is InChI=1S/C36H54O3/c1-3-5-7-9-11-19-25-35(33-29-37-33,27-31-21-15-13-16-22-31)39-36(34-30-38-34,26-20-12-10-8-6-4-2)28-32-23-17-14-18-24-32/h13-18,21-24,33-34H,3-12,19-20,25-30H2,1-2H3. The molecule has 4 rings (SSSR count). The lowest BCUT2D eigenvalue weighted by atomic mass is 9.81. The summed E-state index contributed by atoms with van der Waals surface area (Å²) < 4.78 is 20.0. The van der Waals surface area contributed by atoms with Crippen molar-refractivity contribution in [3.05, 3.63) is 71.8 Å². The van der Waals surface area contributed by atoms with E-state index in [0.717, 1.165) is 38.9 Å². The van der Waals surface area contributed by atoms with Crippen molar-refractivity contribution in [3.63, 3.8) is 0 Å². The summed E-state index contributed by atoms with van der Waals surface area (Å²) in [7, 11) is 0. The summed E-state index contributed by atoms with van der Waals surface area (Å²) in [6.45, 7) is 6.21. The molecule has 0 spiro atoms. The SMILES string of the molecule is CCCCCCCCC(Cc1ccccc1)(OC(CCCCCCCC)(Cc1ccccc1)C1CO1)C1CO1. The molecule has 0 amide bonds. The largest absolute Gasteiger partial charge is 0.370 e. The van der Waals surface area contributed by atoms with Crippen molar-refractivity contribution in [2.24, 2.45) is 0 Å². The van der Waals surface area contributed by atoms with Gasteiger partial charge in [-0.15, -0.1) is 0 Å². The summed E-state index contributed by atoms with van der Waals surface area (Å²) >= 11 is 0. The summed E-state index contributed by atoms with van der Waals surface area (Å²) in [6, 6.07) is 21.9. The van der Waals surface area contributed by atoms with Crippen LogP contribution in [-0.4, -0.2) is 36.6 Å². The molecule has 216 valence electrons. The number of ether oxygens (including phenoxy) is 3. The van der Waals surface area contributed by atoms with Crippen molar-refractivity contribution in [2.45, 2.75) is 140 Å². The number of hydrogen-bond donors (Lipinski definition) is 0. The summed E-state index contributed by atoms with van der Waals surface area (Å²) in [5.74, 6) is 0. The molecule has 2 aromatic carbocycles. The molecule has 2 fully saturated rings. The molecule has 4 atom stereocenters. The highest BCUT2D eigenvalue weighted by molar-refractivity contribution is 5.22. The van der Waals surface area contributed by atoms with Crippen LogP contribution in [0.5, 0.6) is 0 Å². The minimum atomic E-state index is -0.310. The van der Waals surface area contributed by atoms with Gasteiger partial charge in [-0.1, -0.05) is 152 Å². The Kier molecular flexibility index (Phi) is 12.4. The Morgan fingerprint density at radius 3 is 1.28 bits per heavy atom. The van der Waals surface area contributed by atoms with Gasteiger partial charge in [-0.25, -0.2) is 0 Å². The van der Waals surface area contributed by atoms with E-state index in [1.165, 1.54) is 88.2 Å². The van der Waals surface area contributed by atoms with Crippen LogP contribution in [0.1, 0.15) is 115 Å². The van der Waals surface area contributed by atoms with E-state index in [1.807, 2.05) is 0 Å². The van der Waals surface area contributed by atoms with E-state index in [-0.39, 0.29) is 23.4 Å². The first-order chi connectivity index (χ1) is 19.2. The summed E-state index contributed by atoms with van der Waals surface area (Å²) in [6.07, 6.45) is 19.8. The Morgan fingerprint density at radius 2 is 0.923 bits per heavy atom. The van der Waals surface area contributed by atoms with Gasteiger partial charge in [0.05, 0.1) is 13.2 Å². The van der Waals surface area contributed by atoms with E-state index in [9.17, 15) is 0 Å². The smallest absolute Gasteiger partial charge is 0.110 e. The fourth-order valence-corrected chi connectivity index (χ4v) is 6.43. The Labute approximate surface area is 239 Å². The van der Waals surface area contributed by atoms with Gasteiger partial charge in [0.2, 0.25) is 0 Å². The molecule has 4 unspecified atom stereocenters. The zero-order chi connectivity index (χ0) is 27.2. The topological polar surface area (TPSA) is 34.3 Å². The Hall–Kier alpha value is -1.68. The summed E-state index contributed by atoms with van der Waals surface area (Å²) in [5.41, 5.74) is 2.08. The molecule has 0 aliphatic carbocycles. The van der Waals surface area contributed by atoms with Crippen LogP contribution in [0, 0.1) is 0 Å². The zero-order valence-electron chi connectivity index (χ0n) is 24.9. The van der Waals surface area contributed by atoms with Crippen LogP contribution in [0.3, 0.4) is 0 Å². The minimum Gasteiger partial charge on any atom is -0.370 e. The molecule has 0 radical (unpaired) electrons. The molecule has 3 heteroatoms. The highest BCUT2D eigenvalue weighted by atomic mass is 16.6. The Balaban J connectivity index is 1.57. The molecular formula is C36H54O3. The third-order valence-corrected chi connectivity index (χ3v) is 8.85. The maximum Gasteiger partial charge on any atom is 0.110 e. The van der Waals surface area contributed by atoms with Crippen LogP contribution in [-0.2, 0) is 27.1 Å². The number of rotatable bonds is 22. The predicted molar refractivity (Wildman–Crippen MR) is 162 cm³/mol. The van der Waals surface area contributed by atoms with E-state index in [0.29, 0.717) is 0 Å². The maximum absolute atomic E-state index is 7.69. The van der Waals surface area contributed by atoms with Gasteiger partial charge in [0.15, 0.2) is 0 Å². The highest BCUT2D eigenvalue weighted by Gasteiger charge is 2.56. The van der Waals surface area contributed by atoms with Crippen LogP contribution < -0.4 is 0 Å². The van der Waals surface area contributed by atoms with Crippen LogP contribution in [0.2, 0.25) is 0 Å². The number of epoxide rings is 2. The van der Waals surface area contributed by atoms with Gasteiger partial charge in [-0.2, -0.15) is 0 Å². The van der Waals surface area contributed by atoms with Gasteiger partial charge >= 0.3 is 0 Å². The molecule has 2 saturated heterocycles. The van der Waals surface area contributed by atoms with Gasteiger partial charge in [0.1, 0.15) is 23.4 Å². The lowest BCUT2D eigenvalue weighted by Crippen LogP contribution is -2.53. The van der Waals surface area contributed by atoms with Crippen LogP contribution in [0.15, 0.2) is 60.7 Å². The zero-order valence-corrected chi connectivity index (χ0v) is 24.9. The number of hydrogen-bond acceptors (Lipinski definition) is 3. The lowest BCUT2D eigenvalue weighted by Gasteiger charge is -2.44. The predicted octanol–water partition coefficient (Wildman–Crippen LogP) is 9.26. The molecule has 0 N–H and O–H groups in total. The van der Waals surface area contributed by atoms with Crippen LogP contribution in [0.4, 0.5) is 0 Å². The average Bonchev–Trinajstić information content (AvgIpc) is 3.86. The van der Waals surface area contributed by atoms with Gasteiger partial charge in [0, 0.05) is 12.8 Å². The van der Waals surface area contributed by atoms with E-state index in [4.69, 9.17) is 14.2 Å².